The number of nitrogens with zero attached hydrogens (tertiary/aromatic N) is 11. The van der Waals surface area contributed by atoms with Gasteiger partial charge in [0.15, 0.2) is 0 Å². The number of carbonyl (C=O) groups excluding carboxylic acids is 5. The van der Waals surface area contributed by atoms with Crippen molar-refractivity contribution in [2.75, 3.05) is 178 Å². The van der Waals surface area contributed by atoms with E-state index in [0.717, 1.165) is 283 Å². The van der Waals surface area contributed by atoms with Gasteiger partial charge < -0.3 is 60.7 Å². The third-order valence-corrected chi connectivity index (χ3v) is 31.6. The molecule has 714 valence electrons. The molecule has 32 heteroatoms. The fourth-order valence-corrected chi connectivity index (χ4v) is 24.1. The Labute approximate surface area is 808 Å². The van der Waals surface area contributed by atoms with E-state index in [0.29, 0.717) is 33.9 Å². The van der Waals surface area contributed by atoms with Crippen LogP contribution in [0.3, 0.4) is 0 Å². The van der Waals surface area contributed by atoms with Gasteiger partial charge in [-0.25, -0.2) is 0 Å². The van der Waals surface area contributed by atoms with Crippen LogP contribution in [0.4, 0.5) is 13.2 Å². The van der Waals surface area contributed by atoms with E-state index < -0.39 is 17.9 Å². The number of aromatic nitrogens is 6. The van der Waals surface area contributed by atoms with Gasteiger partial charge in [-0.2, -0.15) is 0 Å². The minimum absolute atomic E-state index is 0.0195. The maximum atomic E-state index is 13.2. The van der Waals surface area contributed by atoms with E-state index in [1.807, 2.05) is 117 Å². The molecule has 0 atom stereocenters. The molecule has 0 amide bonds. The summed E-state index contributed by atoms with van der Waals surface area (Å²) in [5.74, 6) is 0.688. The van der Waals surface area contributed by atoms with E-state index >= 15 is 0 Å². The Morgan fingerprint density at radius 3 is 0.993 bits per heavy atom. The van der Waals surface area contributed by atoms with Crippen LogP contribution in [-0.2, 0) is 62.8 Å². The van der Waals surface area contributed by atoms with Crippen molar-refractivity contribution >= 4 is 137 Å². The number of methoxy groups -OCH3 is 1. The zero-order valence-corrected chi connectivity index (χ0v) is 81.9. The third-order valence-electron chi connectivity index (χ3n) is 25.7. The average molecular weight is 1940 g/mol. The van der Waals surface area contributed by atoms with E-state index in [9.17, 15) is 37.1 Å². The number of pyridine rings is 1. The lowest BCUT2D eigenvalue weighted by molar-refractivity contribution is -0.274. The molecule has 0 N–H and O–H groups in total. The maximum absolute atomic E-state index is 13.2. The van der Waals surface area contributed by atoms with Crippen molar-refractivity contribution in [1.82, 2.24) is 52.3 Å². The Hall–Kier alpha value is -10.6. The van der Waals surface area contributed by atoms with Gasteiger partial charge in [0, 0.05) is 216 Å². The Morgan fingerprint density at radius 2 is 0.654 bits per heavy atom. The van der Waals surface area contributed by atoms with E-state index in [-0.39, 0.29) is 28.7 Å². The Morgan fingerprint density at radius 1 is 0.346 bits per heavy atom. The number of carbonyl (C=O) groups is 5. The Balaban J connectivity index is 0.000000118. The molecule has 0 spiro atoms. The first-order valence-corrected chi connectivity index (χ1v) is 50.5. The highest BCUT2D eigenvalue weighted by Crippen LogP contribution is 2.40. The van der Waals surface area contributed by atoms with Gasteiger partial charge >= 0.3 is 6.36 Å². The van der Waals surface area contributed by atoms with Gasteiger partial charge in [0.1, 0.15) is 41.4 Å². The molecule has 5 fully saturated rings. The molecule has 17 heterocycles. The summed E-state index contributed by atoms with van der Waals surface area (Å²) in [5.41, 5.74) is 10.9. The second-order valence-electron chi connectivity index (χ2n) is 34.7. The molecule has 15 aromatic rings. The van der Waals surface area contributed by atoms with Crippen LogP contribution in [0.25, 0.3) is 51.1 Å². The number of aryl methyl sites for hydroxylation is 6. The summed E-state index contributed by atoms with van der Waals surface area (Å²) in [6.45, 7) is 40.5. The number of halogens is 3. The first-order chi connectivity index (χ1) is 66.0. The van der Waals surface area contributed by atoms with Crippen molar-refractivity contribution in [3.05, 3.63) is 268 Å². The van der Waals surface area contributed by atoms with Crippen LogP contribution in [0.15, 0.2) is 176 Å². The minimum atomic E-state index is -4.86. The Kier molecular flexibility index (Phi) is 32.0. The fraction of sp³-hybridized carbons (Fsp3) is 0.385. The molecule has 24 nitrogen and oxygen atoms in total. The second-order valence-corrected chi connectivity index (χ2v) is 39.8. The molecule has 136 heavy (non-hydrogen) atoms. The highest BCUT2D eigenvalue weighted by molar-refractivity contribution is 7.22. The number of thiophene rings is 5. The average Bonchev–Trinajstić information content (AvgIpc) is 1.64. The number of hydrogen-bond acceptors (Lipinski definition) is 24. The lowest BCUT2D eigenvalue weighted by atomic mass is 10.0. The lowest BCUT2D eigenvalue weighted by Gasteiger charge is -2.26. The monoisotopic (exact) mass is 1940 g/mol. The molecule has 21 rings (SSSR count). The lowest BCUT2D eigenvalue weighted by Crippen LogP contribution is -2.38. The summed E-state index contributed by atoms with van der Waals surface area (Å²) >= 11 is 7.65. The predicted octanol–water partition coefficient (Wildman–Crippen LogP) is 18.4. The summed E-state index contributed by atoms with van der Waals surface area (Å²) in [6.07, 6.45) is -0.659. The van der Waals surface area contributed by atoms with Crippen LogP contribution in [0.5, 0.6) is 17.2 Å². The van der Waals surface area contributed by atoms with Gasteiger partial charge in [-0.1, -0.05) is 60.7 Å². The third kappa shape index (κ3) is 23.2. The van der Waals surface area contributed by atoms with Crippen molar-refractivity contribution in [3.8, 4) is 17.2 Å². The van der Waals surface area contributed by atoms with Crippen LogP contribution in [-0.4, -0.2) is 266 Å². The number of hydrogen-bond donors (Lipinski definition) is 0. The van der Waals surface area contributed by atoms with Crippen LogP contribution in [0.2, 0.25) is 0 Å². The van der Waals surface area contributed by atoms with Crippen molar-refractivity contribution < 1.29 is 75.0 Å². The van der Waals surface area contributed by atoms with Gasteiger partial charge in [0.2, 0.25) is 28.9 Å². The number of morpholine rings is 5. The van der Waals surface area contributed by atoms with Crippen LogP contribution >= 0.6 is 56.7 Å². The van der Waals surface area contributed by atoms with Crippen molar-refractivity contribution in [1.29, 1.82) is 0 Å². The number of para-hydroxylation sites is 3. The molecule has 0 bridgehead atoms. The minimum Gasteiger partial charge on any atom is -0.496 e. The van der Waals surface area contributed by atoms with Crippen molar-refractivity contribution in [2.24, 2.45) is 0 Å². The molecule has 6 aliphatic heterocycles. The molecule has 4 aromatic carbocycles. The number of alkyl halides is 3. The SMILES string of the molecule is COc1ccccc1C(=O)c1cc2cc(C)n(CCN3CCOCC3)c2s1.Cc1cc2cc(C(=O)c3cccc4c3OCC4)sc2n1CCN1CCOCC1.Cc1cc2cc(C(=O)c3ccccc3OC(F)(F)F)sc2n1CCN1CCOCC1.Cc1cc2cc(C(=O)c3cccnc3)sc2n1CCN1CCOCC1.Cc1ccccc1C(=O)c1cc2cc(C)n(CCN3CCOCC3)c2s1. The molecule has 0 unspecified atom stereocenters. The van der Waals surface area contributed by atoms with Gasteiger partial charge in [-0.05, 0) is 156 Å². The molecule has 11 aromatic heterocycles. The quantitative estimate of drug-likeness (QED) is 0.0438. The molecule has 0 saturated carbocycles. The van der Waals surface area contributed by atoms with E-state index in [2.05, 4.69) is 109 Å². The van der Waals surface area contributed by atoms with Crippen molar-refractivity contribution in [2.45, 2.75) is 87.0 Å². The maximum Gasteiger partial charge on any atom is 0.573 e. The summed E-state index contributed by atoms with van der Waals surface area (Å²) in [4.78, 5) is 90.0. The molecular weight excluding hydrogens is 1830 g/mol. The topological polar surface area (TPSA) is 213 Å². The van der Waals surface area contributed by atoms with Gasteiger partial charge in [0.25, 0.3) is 0 Å². The van der Waals surface area contributed by atoms with Crippen LogP contribution < -0.4 is 14.2 Å². The second kappa shape index (κ2) is 44.9. The summed E-state index contributed by atoms with van der Waals surface area (Å²) in [7, 11) is 1.60. The fourth-order valence-electron chi connectivity index (χ4n) is 18.2. The number of ether oxygens (including phenoxy) is 8. The smallest absolute Gasteiger partial charge is 0.496 e. The highest BCUT2D eigenvalue weighted by Gasteiger charge is 2.34. The summed E-state index contributed by atoms with van der Waals surface area (Å²) in [6, 6.07) is 50.7. The number of rotatable bonds is 27. The van der Waals surface area contributed by atoms with Gasteiger partial charge in [-0.15, -0.1) is 69.9 Å². The first-order valence-electron chi connectivity index (χ1n) is 46.5. The molecule has 0 aliphatic carbocycles. The zero-order valence-electron chi connectivity index (χ0n) is 77.8. The molecule has 6 aliphatic rings. The molecule has 5 saturated heterocycles. The predicted molar refractivity (Wildman–Crippen MR) is 533 cm³/mol. The van der Waals surface area contributed by atoms with Gasteiger partial charge in [0.05, 0.1) is 121 Å². The highest BCUT2D eigenvalue weighted by atomic mass is 32.1. The number of ketones is 5. The normalized spacial score (nSPS) is 15.9. The summed E-state index contributed by atoms with van der Waals surface area (Å²) in [5, 5.41) is 5.53. The number of benzene rings is 4. The van der Waals surface area contributed by atoms with E-state index in [4.69, 9.17) is 33.2 Å². The molecular formula is C104H114F3N11O13S5. The standard InChI is InChI=1S/C22H24N2O3S.C21H21F3N2O3S.C21H24N2O3S.C21H24N2O2S.C19H21N3O2S/c1-15-13-17-14-19(20(25)18-4-2-3-16-5-10-27-21(16)18)28-22(17)24(15)7-6-23-8-11-26-12-9-23;1-14-12-15-13-18(19(27)16-4-2-3-5-17(16)29-21(22,23)24)30-20(15)26(14)7-6-25-8-10-28-11-9-25;1-15-13-16-14-19(20(24)17-5-3-4-6-18(17)25-2)27-21(16)23(15)8-7-22-9-11-26-12-10-22;1-15-5-3-4-6-18(15)20(24)19-14-17-13-16(2)23(21(17)26-19)8-7-22-9-11-25-12-10-22;1-14-11-16-12-17(18(23)15-3-2-4-20-13-15)25-19(16)22(14)6-5-21-7-9-24-10-8-21/h2-4,13-14H,5-12H2,1H3;2-5,12-13H,6-11H2,1H3;3-6,13-14H,7-12H2,1-2H3;3-6,13-14H,7-12H2,1-2H3;2-4,11-13H,5-10H2,1H3. The largest absolute Gasteiger partial charge is 0.573 e. The van der Waals surface area contributed by atoms with E-state index in [1.54, 1.807) is 77.0 Å². The molecule has 0 radical (unpaired) electrons. The summed E-state index contributed by atoms with van der Waals surface area (Å²) < 4.78 is 91.8. The number of fused-ring (bicyclic) bond motifs is 6. The van der Waals surface area contributed by atoms with Crippen LogP contribution in [0.1, 0.15) is 116 Å². The first kappa shape index (κ1) is 97.0. The van der Waals surface area contributed by atoms with Gasteiger partial charge in [-0.3, -0.25) is 53.5 Å². The van der Waals surface area contributed by atoms with Crippen LogP contribution in [0, 0.1) is 41.5 Å². The van der Waals surface area contributed by atoms with Crippen molar-refractivity contribution in [3.63, 3.8) is 0 Å². The Bertz CT molecular complexity index is 6700. The van der Waals surface area contributed by atoms with E-state index in [1.165, 1.54) is 77.0 Å². The zero-order chi connectivity index (χ0) is 94.5.